The van der Waals surface area contributed by atoms with E-state index in [0.29, 0.717) is 134 Å². The molecule has 34 heteroatoms. The maximum atomic E-state index is 14.1. The largest absolute Gasteiger partial charge is 0.493 e. The molecule has 14 heterocycles. The molecule has 6 fully saturated rings. The summed E-state index contributed by atoms with van der Waals surface area (Å²) in [6, 6.07) is 59.6. The molecule has 8 aliphatic heterocycles. The molecule has 6 aromatic heterocycles. The number of imide groups is 2. The number of piperidine rings is 4. The Kier molecular flexibility index (Phi) is 30.0. The molecule has 5 N–H and O–H groups in total. The number of benzene rings is 8. The number of aromatic carboxylic acids is 1. The van der Waals surface area contributed by atoms with Crippen LogP contribution in [0.5, 0.6) is 11.5 Å². The van der Waals surface area contributed by atoms with Gasteiger partial charge < -0.3 is 58.5 Å². The molecule has 32 nitrogen and oxygen atoms in total. The number of aryl methyl sites for hydroxylation is 2. The molecular weight excluding hydrogens is 1930 g/mol. The number of anilines is 6. The molecule has 0 spiro atoms. The van der Waals surface area contributed by atoms with Crippen LogP contribution in [0.15, 0.2) is 182 Å². The predicted octanol–water partition coefficient (Wildman–Crippen LogP) is 17.0. The summed E-state index contributed by atoms with van der Waals surface area (Å²) in [4.78, 5) is 142. The van der Waals surface area contributed by atoms with Crippen molar-refractivity contribution < 1.29 is 57.7 Å². The molecule has 150 heavy (non-hydrogen) atoms. The Morgan fingerprint density at radius 1 is 0.440 bits per heavy atom. The minimum atomic E-state index is -1.11. The van der Waals surface area contributed by atoms with E-state index in [1.165, 1.54) is 34.0 Å². The highest BCUT2D eigenvalue weighted by atomic mass is 32.1. The van der Waals surface area contributed by atoms with Gasteiger partial charge in [-0.25, -0.2) is 29.5 Å². The third-order valence-electron chi connectivity index (χ3n) is 31.0. The van der Waals surface area contributed by atoms with Crippen molar-refractivity contribution in [2.24, 2.45) is 25.9 Å². The lowest BCUT2D eigenvalue weighted by Gasteiger charge is -2.39. The van der Waals surface area contributed by atoms with Gasteiger partial charge in [-0.05, 0) is 264 Å². The van der Waals surface area contributed by atoms with Crippen molar-refractivity contribution in [3.63, 3.8) is 0 Å². The average Bonchev–Trinajstić information content (AvgIpc) is 1.63. The standard InChI is InChI=1S/C60H68N10O6S.C56H60N10O6S/c1-38-42(43-19-21-52(62-55(43)58(74)76-60(2,3)4)70-29-25-40-11-8-13-44(47(40)37-70)56(72)64-59-61-48-14-6-7-16-51(48)77-59)12-9-15-50(38)75-34-10-26-67-30-32-68(33-31-67)36-39-23-27-69(28-24-39)41-17-18-45-49(35-41)66(5)65-54(45)46-20-22-53(71)63-57(46)73;1-35-39(40-16-18-49(58-52(40)55(70)71)66-26-22-37-8-5-10-41(44(37)34-66)53(68)60-56-57-45-11-3-4-13-48(45)73-56)9-6-12-47(35)72-31-7-23-63-27-29-64(30-28-63)33-36-20-24-65(25-21-36)38-14-15-42-46(32-38)62(2)61-51(42)43-17-19-50(67)59-54(43)69/h6-9,11-19,21,35,39,46H,10,20,22-34,36-37H2,1-5H3,(H,61,64,72)(H,63,71,73);3-6,8-16,18,32,36,43H,7,17,19-31,33-34H2,1-2H3,(H,70,71)(H,57,60,68)(H,59,67,69). The number of rotatable bonds is 28. The number of hydrogen-bond acceptors (Lipinski definition) is 27. The van der Waals surface area contributed by atoms with Crippen LogP contribution in [0.3, 0.4) is 0 Å². The van der Waals surface area contributed by atoms with Gasteiger partial charge in [0.15, 0.2) is 21.7 Å². The normalized spacial score (nSPS) is 18.0. The van der Waals surface area contributed by atoms with Gasteiger partial charge in [0.1, 0.15) is 28.7 Å². The third-order valence-corrected chi connectivity index (χ3v) is 32.9. The fourth-order valence-corrected chi connectivity index (χ4v) is 24.5. The molecule has 6 amide bonds. The number of para-hydroxylation sites is 2. The van der Waals surface area contributed by atoms with Crippen LogP contribution in [0, 0.1) is 25.7 Å². The lowest BCUT2D eigenvalue weighted by Crippen LogP contribution is -2.49. The zero-order valence-electron chi connectivity index (χ0n) is 86.1. The second-order valence-corrected chi connectivity index (χ2v) is 43.9. The molecule has 8 aromatic carbocycles. The van der Waals surface area contributed by atoms with Crippen LogP contribution in [-0.4, -0.2) is 248 Å². The first-order chi connectivity index (χ1) is 72.7. The Morgan fingerprint density at radius 3 is 1.29 bits per heavy atom. The van der Waals surface area contributed by atoms with Gasteiger partial charge in [-0.15, -0.1) is 0 Å². The van der Waals surface area contributed by atoms with Crippen LogP contribution in [0.2, 0.25) is 0 Å². The number of thiazole rings is 2. The van der Waals surface area contributed by atoms with E-state index >= 15 is 0 Å². The summed E-state index contributed by atoms with van der Waals surface area (Å²) in [5.74, 6) is 0.214. The summed E-state index contributed by atoms with van der Waals surface area (Å²) < 4.78 is 24.6. The Bertz CT molecular complexity index is 7420. The van der Waals surface area contributed by atoms with Crippen molar-refractivity contribution in [1.29, 1.82) is 0 Å². The van der Waals surface area contributed by atoms with Crippen molar-refractivity contribution in [2.45, 2.75) is 142 Å². The van der Waals surface area contributed by atoms with E-state index in [9.17, 15) is 43.5 Å². The number of carbonyl (C=O) groups is 8. The van der Waals surface area contributed by atoms with Crippen molar-refractivity contribution in [2.75, 3.05) is 161 Å². The molecule has 0 aliphatic carbocycles. The van der Waals surface area contributed by atoms with E-state index in [1.54, 1.807) is 0 Å². The topological polar surface area (TPSA) is 346 Å². The minimum absolute atomic E-state index is 0.0291. The first-order valence-electron chi connectivity index (χ1n) is 52.7. The van der Waals surface area contributed by atoms with Gasteiger partial charge in [0.2, 0.25) is 23.6 Å². The van der Waals surface area contributed by atoms with Gasteiger partial charge in [0.25, 0.3) is 11.8 Å². The smallest absolute Gasteiger partial charge is 0.358 e. The fourth-order valence-electron chi connectivity index (χ4n) is 22.8. The fraction of sp³-hybridized carbons (Fsp3) is 0.397. The summed E-state index contributed by atoms with van der Waals surface area (Å²) in [6.45, 7) is 29.5. The van der Waals surface area contributed by atoms with Crippen LogP contribution >= 0.6 is 22.7 Å². The highest BCUT2D eigenvalue weighted by molar-refractivity contribution is 7.22. The van der Waals surface area contributed by atoms with Gasteiger partial charge in [-0.2, -0.15) is 10.2 Å². The van der Waals surface area contributed by atoms with Crippen LogP contribution in [0.1, 0.15) is 183 Å². The number of pyridine rings is 2. The van der Waals surface area contributed by atoms with Gasteiger partial charge in [-0.3, -0.25) is 59.4 Å². The maximum absolute atomic E-state index is 14.1. The molecule has 0 saturated carbocycles. The summed E-state index contributed by atoms with van der Waals surface area (Å²) >= 11 is 2.89. The molecule has 8 aliphatic rings. The lowest BCUT2D eigenvalue weighted by molar-refractivity contribution is -0.135. The van der Waals surface area contributed by atoms with Crippen molar-refractivity contribution >= 4 is 146 Å². The molecule has 14 aromatic rings. The van der Waals surface area contributed by atoms with Crippen LogP contribution < -0.4 is 50.3 Å². The number of piperazine rings is 2. The zero-order chi connectivity index (χ0) is 104. The van der Waals surface area contributed by atoms with Crippen LogP contribution in [-0.2, 0) is 63.9 Å². The number of nitrogens with one attached hydrogen (secondary N) is 4. The van der Waals surface area contributed by atoms with E-state index in [4.69, 9.17) is 34.4 Å². The van der Waals surface area contributed by atoms with Crippen molar-refractivity contribution in [3.8, 4) is 33.8 Å². The average molecular weight is 2060 g/mol. The summed E-state index contributed by atoms with van der Waals surface area (Å²) in [6.07, 6.45) is 9.43. The molecule has 0 radical (unpaired) electrons. The molecule has 6 saturated heterocycles. The zero-order valence-corrected chi connectivity index (χ0v) is 87.7. The Hall–Kier alpha value is -14.4. The summed E-state index contributed by atoms with van der Waals surface area (Å²) in [5, 5.41) is 34.0. The Balaban J connectivity index is 0.000000175. The predicted molar refractivity (Wildman–Crippen MR) is 586 cm³/mol. The van der Waals surface area contributed by atoms with Gasteiger partial charge in [0.05, 0.1) is 67.9 Å². The maximum Gasteiger partial charge on any atom is 0.358 e. The molecular formula is C116H128N20O12S2. The quantitative estimate of drug-likeness (QED) is 0.0173. The van der Waals surface area contributed by atoms with Gasteiger partial charge in [-0.1, -0.05) is 95.5 Å². The van der Waals surface area contributed by atoms with Crippen LogP contribution in [0.4, 0.5) is 33.3 Å². The Labute approximate surface area is 879 Å². The number of carboxylic acids is 1. The number of fused-ring (bicyclic) bond motifs is 6. The Morgan fingerprint density at radius 2 is 0.860 bits per heavy atom. The molecule has 2 unspecified atom stereocenters. The second kappa shape index (κ2) is 44.4. The van der Waals surface area contributed by atoms with E-state index in [2.05, 4.69) is 108 Å². The second-order valence-electron chi connectivity index (χ2n) is 41.9. The highest BCUT2D eigenvalue weighted by Gasteiger charge is 2.38. The SMILES string of the molecule is Cc1c(OCCCN2CCN(CC3CCN(c4ccc5c(C6CCC(=O)NC6=O)nn(C)c5c4)CC3)CC2)cccc1-c1ccc(N2CCc3cccc(C(=O)Nc4nc5ccccc5s4)c3C2)nc1C(=O)O.Cc1c(OCCCN2CCN(CC3CCN(c4ccc5c(C6CCC(=O)NC6=O)nn(C)c5c4)CC3)CC2)cccc1-c1ccc(N2CCc3cccc(C(=O)Nc4nc5ccccc5s4)c3C2)nc1C(=O)OC(C)(C)C. The monoisotopic (exact) mass is 2060 g/mol. The van der Waals surface area contributed by atoms with Gasteiger partial charge in [0, 0.05) is 202 Å². The van der Waals surface area contributed by atoms with Crippen molar-refractivity contribution in [1.82, 2.24) is 69.7 Å². The molecule has 2 atom stereocenters. The van der Waals surface area contributed by atoms with E-state index < -0.39 is 29.4 Å². The number of ether oxygens (including phenoxy) is 3. The number of aromatic nitrogens is 8. The number of carboxylic acid groups (broad SMARTS) is 1. The number of carbonyl (C=O) groups excluding carboxylic acids is 7. The molecule has 22 rings (SSSR count). The number of amides is 6. The number of nitrogens with zero attached hydrogens (tertiary/aromatic N) is 16. The highest BCUT2D eigenvalue weighted by Crippen LogP contribution is 2.43. The minimum Gasteiger partial charge on any atom is -0.493 e. The van der Waals surface area contributed by atoms with E-state index in [-0.39, 0.29) is 46.8 Å². The first kappa shape index (κ1) is 101. The number of hydrogen-bond donors (Lipinski definition) is 5. The molecule has 776 valence electrons. The lowest BCUT2D eigenvalue weighted by atomic mass is 9.92. The van der Waals surface area contributed by atoms with Crippen molar-refractivity contribution in [3.05, 3.63) is 249 Å². The third kappa shape index (κ3) is 22.6. The summed E-state index contributed by atoms with van der Waals surface area (Å²) in [5.41, 5.74) is 16.8. The summed E-state index contributed by atoms with van der Waals surface area (Å²) in [7, 11) is 3.85. The number of esters is 1. The first-order valence-corrected chi connectivity index (χ1v) is 54.4. The van der Waals surface area contributed by atoms with E-state index in [1.807, 2.05) is 203 Å². The van der Waals surface area contributed by atoms with E-state index in [0.717, 1.165) is 253 Å². The van der Waals surface area contributed by atoms with Crippen LogP contribution in [0.25, 0.3) is 64.5 Å². The molecule has 0 bridgehead atoms. The van der Waals surface area contributed by atoms with Gasteiger partial charge >= 0.3 is 11.9 Å².